The molecule has 0 unspecified atom stereocenters. The molecular weight excluding hydrogens is 304 g/mol. The number of esters is 1. The fourth-order valence-corrected chi connectivity index (χ4v) is 3.57. The predicted molar refractivity (Wildman–Crippen MR) is 93.2 cm³/mol. The van der Waals surface area contributed by atoms with Gasteiger partial charge in [0.2, 0.25) is 0 Å². The molecule has 5 nitrogen and oxygen atoms in total. The Bertz CT molecular complexity index is 576. The number of benzene rings is 1. The highest BCUT2D eigenvalue weighted by Gasteiger charge is 2.56. The fraction of sp³-hybridized carbons (Fsp3) is 0.579. The van der Waals surface area contributed by atoms with Crippen LogP contribution in [0.5, 0.6) is 0 Å². The maximum atomic E-state index is 12.9. The molecule has 0 radical (unpaired) electrons. The number of Topliss-reactive ketones (excluding diaryl/α,β-unsaturated/α-hetero) is 1. The van der Waals surface area contributed by atoms with E-state index in [0.29, 0.717) is 25.9 Å². The third-order valence-electron chi connectivity index (χ3n) is 5.26. The molecule has 0 spiro atoms. The molecule has 24 heavy (non-hydrogen) atoms. The van der Waals surface area contributed by atoms with Gasteiger partial charge in [-0.05, 0) is 52.3 Å². The Morgan fingerprint density at radius 3 is 2.38 bits per heavy atom. The average Bonchev–Trinajstić information content (AvgIpc) is 2.60. The molecule has 1 aliphatic heterocycles. The van der Waals surface area contributed by atoms with E-state index >= 15 is 0 Å². The number of carbonyl (C=O) groups is 2. The lowest BCUT2D eigenvalue weighted by molar-refractivity contribution is -0.170. The zero-order chi connectivity index (χ0) is 17.8. The number of hydrogen-bond donors (Lipinski definition) is 2. The minimum atomic E-state index is -0.922. The van der Waals surface area contributed by atoms with E-state index in [-0.39, 0.29) is 18.4 Å². The summed E-state index contributed by atoms with van der Waals surface area (Å²) in [5.41, 5.74) is 5.12. The Labute approximate surface area is 143 Å². The summed E-state index contributed by atoms with van der Waals surface area (Å²) in [6.07, 6.45) is 1.20. The van der Waals surface area contributed by atoms with Gasteiger partial charge in [0, 0.05) is 5.41 Å². The summed E-state index contributed by atoms with van der Waals surface area (Å²) >= 11 is 0. The molecule has 0 aliphatic carbocycles. The van der Waals surface area contributed by atoms with Crippen LogP contribution < -0.4 is 11.1 Å². The third-order valence-corrected chi connectivity index (χ3v) is 5.26. The fourth-order valence-electron chi connectivity index (χ4n) is 3.57. The molecule has 1 atom stereocenters. The van der Waals surface area contributed by atoms with E-state index in [0.717, 1.165) is 5.56 Å². The molecule has 1 heterocycles. The van der Waals surface area contributed by atoms with Crippen molar-refractivity contribution in [3.05, 3.63) is 35.9 Å². The van der Waals surface area contributed by atoms with Crippen LogP contribution in [0.3, 0.4) is 0 Å². The van der Waals surface area contributed by atoms with E-state index in [4.69, 9.17) is 10.5 Å². The number of ketones is 1. The highest BCUT2D eigenvalue weighted by molar-refractivity contribution is 5.95. The SMILES string of the molecule is C[C@H](N)C(=O)C1(C(C)(C)C(=O)OCc2ccccc2)CCNCC1. The zero-order valence-electron chi connectivity index (χ0n) is 14.8. The quantitative estimate of drug-likeness (QED) is 0.779. The molecule has 132 valence electrons. The van der Waals surface area contributed by atoms with Gasteiger partial charge in [-0.25, -0.2) is 0 Å². The van der Waals surface area contributed by atoms with Crippen LogP contribution in [0.2, 0.25) is 0 Å². The number of rotatable bonds is 6. The predicted octanol–water partition coefficient (Wildman–Crippen LogP) is 2.04. The maximum Gasteiger partial charge on any atom is 0.312 e. The second-order valence-electron chi connectivity index (χ2n) is 7.17. The molecule has 0 saturated carbocycles. The van der Waals surface area contributed by atoms with Gasteiger partial charge >= 0.3 is 5.97 Å². The van der Waals surface area contributed by atoms with Gasteiger partial charge in [-0.2, -0.15) is 0 Å². The van der Waals surface area contributed by atoms with E-state index in [1.54, 1.807) is 6.92 Å². The van der Waals surface area contributed by atoms with E-state index in [1.165, 1.54) is 0 Å². The molecule has 0 bridgehead atoms. The number of nitrogens with two attached hydrogens (primary N) is 1. The number of nitrogens with one attached hydrogen (secondary N) is 1. The van der Waals surface area contributed by atoms with Gasteiger partial charge in [0.25, 0.3) is 0 Å². The van der Waals surface area contributed by atoms with Crippen molar-refractivity contribution >= 4 is 11.8 Å². The topological polar surface area (TPSA) is 81.4 Å². The first-order chi connectivity index (χ1) is 11.3. The van der Waals surface area contributed by atoms with E-state index < -0.39 is 16.9 Å². The Balaban J connectivity index is 2.20. The number of piperidine rings is 1. The summed E-state index contributed by atoms with van der Waals surface area (Å²) in [6, 6.07) is 8.95. The van der Waals surface area contributed by atoms with E-state index in [1.807, 2.05) is 44.2 Å². The minimum absolute atomic E-state index is 0.0503. The summed E-state index contributed by atoms with van der Waals surface area (Å²) in [5, 5.41) is 3.26. The summed E-state index contributed by atoms with van der Waals surface area (Å²) in [7, 11) is 0. The molecule has 1 aromatic rings. The summed E-state index contributed by atoms with van der Waals surface area (Å²) in [5.74, 6) is -0.395. The van der Waals surface area contributed by atoms with Crippen molar-refractivity contribution in [1.29, 1.82) is 0 Å². The van der Waals surface area contributed by atoms with Gasteiger partial charge in [0.15, 0.2) is 5.78 Å². The molecule has 3 N–H and O–H groups in total. The second-order valence-corrected chi connectivity index (χ2v) is 7.17. The first kappa shape index (κ1) is 18.6. The van der Waals surface area contributed by atoms with Crippen LogP contribution in [-0.4, -0.2) is 30.9 Å². The van der Waals surface area contributed by atoms with Gasteiger partial charge in [-0.15, -0.1) is 0 Å². The third kappa shape index (κ3) is 3.52. The summed E-state index contributed by atoms with van der Waals surface area (Å²) in [6.45, 7) is 6.93. The summed E-state index contributed by atoms with van der Waals surface area (Å²) < 4.78 is 5.55. The van der Waals surface area contributed by atoms with Crippen molar-refractivity contribution in [3.8, 4) is 0 Å². The minimum Gasteiger partial charge on any atom is -0.460 e. The van der Waals surface area contributed by atoms with Crippen molar-refractivity contribution in [1.82, 2.24) is 5.32 Å². The lowest BCUT2D eigenvalue weighted by atomic mass is 9.57. The van der Waals surface area contributed by atoms with Crippen molar-refractivity contribution < 1.29 is 14.3 Å². The van der Waals surface area contributed by atoms with Crippen LogP contribution in [-0.2, 0) is 20.9 Å². The Morgan fingerprint density at radius 1 is 1.25 bits per heavy atom. The molecule has 1 saturated heterocycles. The highest BCUT2D eigenvalue weighted by Crippen LogP contribution is 2.48. The van der Waals surface area contributed by atoms with Gasteiger partial charge in [0.05, 0.1) is 11.5 Å². The number of carbonyl (C=O) groups excluding carboxylic acids is 2. The van der Waals surface area contributed by atoms with Crippen LogP contribution in [0.15, 0.2) is 30.3 Å². The van der Waals surface area contributed by atoms with Crippen LogP contribution in [0.1, 0.15) is 39.2 Å². The summed E-state index contributed by atoms with van der Waals surface area (Å²) in [4.78, 5) is 25.7. The monoisotopic (exact) mass is 332 g/mol. The standard InChI is InChI=1S/C19H28N2O3/c1-14(20)16(22)19(9-11-21-12-10-19)18(2,3)17(23)24-13-15-7-5-4-6-8-15/h4-8,14,21H,9-13,20H2,1-3H3/t14-/m0/s1. The first-order valence-electron chi connectivity index (χ1n) is 8.53. The van der Waals surface area contributed by atoms with Gasteiger partial charge < -0.3 is 15.8 Å². The van der Waals surface area contributed by atoms with E-state index in [2.05, 4.69) is 5.32 Å². The average molecular weight is 332 g/mol. The molecule has 1 aliphatic rings. The molecule has 1 fully saturated rings. The van der Waals surface area contributed by atoms with Crippen molar-refractivity contribution in [2.75, 3.05) is 13.1 Å². The van der Waals surface area contributed by atoms with Gasteiger partial charge in [-0.3, -0.25) is 9.59 Å². The molecule has 5 heteroatoms. The van der Waals surface area contributed by atoms with Crippen LogP contribution in [0.4, 0.5) is 0 Å². The highest BCUT2D eigenvalue weighted by atomic mass is 16.5. The Hall–Kier alpha value is -1.72. The van der Waals surface area contributed by atoms with E-state index in [9.17, 15) is 9.59 Å². The maximum absolute atomic E-state index is 12.9. The van der Waals surface area contributed by atoms with Crippen molar-refractivity contribution in [2.45, 2.75) is 46.3 Å². The second kappa shape index (κ2) is 7.45. The first-order valence-corrected chi connectivity index (χ1v) is 8.53. The largest absolute Gasteiger partial charge is 0.460 e. The zero-order valence-corrected chi connectivity index (χ0v) is 14.8. The van der Waals surface area contributed by atoms with Crippen LogP contribution >= 0.6 is 0 Å². The molecular formula is C19H28N2O3. The van der Waals surface area contributed by atoms with Crippen molar-refractivity contribution in [2.24, 2.45) is 16.6 Å². The lowest BCUT2D eigenvalue weighted by Crippen LogP contribution is -2.58. The van der Waals surface area contributed by atoms with Crippen molar-refractivity contribution in [3.63, 3.8) is 0 Å². The smallest absolute Gasteiger partial charge is 0.312 e. The lowest BCUT2D eigenvalue weighted by Gasteiger charge is -2.47. The Morgan fingerprint density at radius 2 is 1.83 bits per heavy atom. The van der Waals surface area contributed by atoms with Gasteiger partial charge in [0.1, 0.15) is 6.61 Å². The number of hydrogen-bond acceptors (Lipinski definition) is 5. The Kier molecular flexibility index (Phi) is 5.78. The number of ether oxygens (including phenoxy) is 1. The molecule has 0 aromatic heterocycles. The molecule has 2 rings (SSSR count). The molecule has 1 aromatic carbocycles. The van der Waals surface area contributed by atoms with Gasteiger partial charge in [-0.1, -0.05) is 30.3 Å². The molecule has 0 amide bonds. The van der Waals surface area contributed by atoms with Crippen LogP contribution in [0.25, 0.3) is 0 Å². The normalized spacial score (nSPS) is 18.7. The van der Waals surface area contributed by atoms with Crippen LogP contribution in [0, 0.1) is 10.8 Å².